The summed E-state index contributed by atoms with van der Waals surface area (Å²) in [7, 11) is -1.37. The Balaban J connectivity index is 1.81. The van der Waals surface area contributed by atoms with Gasteiger partial charge in [0.15, 0.2) is 11.1 Å². The molecule has 0 radical (unpaired) electrons. The zero-order chi connectivity index (χ0) is 14.4. The van der Waals surface area contributed by atoms with Crippen LogP contribution in [0.5, 0.6) is 0 Å². The summed E-state index contributed by atoms with van der Waals surface area (Å²) in [5.41, 5.74) is 0.425. The van der Waals surface area contributed by atoms with Crippen molar-refractivity contribution in [2.75, 3.05) is 12.4 Å². The number of aliphatic carboxylic acids is 1. The van der Waals surface area contributed by atoms with Crippen molar-refractivity contribution in [2.45, 2.75) is 25.1 Å². The zero-order valence-electron chi connectivity index (χ0n) is 10.9. The van der Waals surface area contributed by atoms with E-state index in [1.54, 1.807) is 6.92 Å². The van der Waals surface area contributed by atoms with E-state index >= 15 is 0 Å². The molecule has 1 saturated heterocycles. The Morgan fingerprint density at radius 3 is 2.85 bits per heavy atom. The van der Waals surface area contributed by atoms with Crippen molar-refractivity contribution >= 4 is 28.4 Å². The number of carboxylic acid groups (broad SMARTS) is 1. The first-order chi connectivity index (χ1) is 9.50. The fourth-order valence-electron chi connectivity index (χ4n) is 2.29. The van der Waals surface area contributed by atoms with E-state index in [9.17, 15) is 13.8 Å². The molecular weight excluding hydrogens is 284 g/mol. The topological polar surface area (TPSA) is 96.3 Å². The largest absolute Gasteiger partial charge is 0.477 e. The SMILES string of the molecule is CC1=C(C(=O)O)N2C(=O)/C(=N/OCC3CC3)[C@H]2S(=O)C1. The standard InChI is InChI=1S/C12H14N2O5S/c1-6-5-20(18)11-8(13-19-4-7-2-3-7)10(15)14(11)9(6)12(16)17/h7,11H,2-5H2,1H3,(H,16,17)/b13-8-/t11-,20?/m1/s1. The summed E-state index contributed by atoms with van der Waals surface area (Å²) in [4.78, 5) is 29.3. The van der Waals surface area contributed by atoms with Gasteiger partial charge in [-0.1, -0.05) is 5.16 Å². The molecule has 0 aromatic heterocycles. The van der Waals surface area contributed by atoms with Crippen LogP contribution < -0.4 is 0 Å². The Morgan fingerprint density at radius 1 is 1.55 bits per heavy atom. The van der Waals surface area contributed by atoms with Crippen molar-refractivity contribution in [3.05, 3.63) is 11.3 Å². The van der Waals surface area contributed by atoms with Gasteiger partial charge >= 0.3 is 5.97 Å². The lowest BCUT2D eigenvalue weighted by atomic mass is 10.1. The van der Waals surface area contributed by atoms with Gasteiger partial charge in [-0.3, -0.25) is 13.9 Å². The minimum atomic E-state index is -1.37. The van der Waals surface area contributed by atoms with Gasteiger partial charge in [-0.25, -0.2) is 4.79 Å². The molecule has 0 aromatic rings. The number of rotatable bonds is 4. The number of hydrogen-bond donors (Lipinski definition) is 1. The van der Waals surface area contributed by atoms with Crippen LogP contribution >= 0.6 is 0 Å². The highest BCUT2D eigenvalue weighted by Gasteiger charge is 2.54. The van der Waals surface area contributed by atoms with Gasteiger partial charge in [0.1, 0.15) is 12.3 Å². The summed E-state index contributed by atoms with van der Waals surface area (Å²) >= 11 is 0. The third-order valence-corrected chi connectivity index (χ3v) is 5.18. The Hall–Kier alpha value is -1.70. The van der Waals surface area contributed by atoms with Gasteiger partial charge in [0.05, 0.1) is 10.8 Å². The van der Waals surface area contributed by atoms with Crippen molar-refractivity contribution in [1.29, 1.82) is 0 Å². The maximum Gasteiger partial charge on any atom is 0.352 e. The molecule has 2 heterocycles. The quantitative estimate of drug-likeness (QED) is 0.585. The minimum absolute atomic E-state index is 0.0650. The molecule has 0 spiro atoms. The van der Waals surface area contributed by atoms with Crippen LogP contribution in [0.15, 0.2) is 16.4 Å². The van der Waals surface area contributed by atoms with Crippen LogP contribution in [0.3, 0.4) is 0 Å². The van der Waals surface area contributed by atoms with Gasteiger partial charge in [0.25, 0.3) is 5.91 Å². The van der Waals surface area contributed by atoms with E-state index in [0.717, 1.165) is 17.7 Å². The maximum atomic E-state index is 12.1. The first kappa shape index (κ1) is 13.3. The van der Waals surface area contributed by atoms with E-state index in [-0.39, 0.29) is 17.2 Å². The smallest absolute Gasteiger partial charge is 0.352 e. The van der Waals surface area contributed by atoms with Gasteiger partial charge < -0.3 is 9.94 Å². The highest BCUT2D eigenvalue weighted by molar-refractivity contribution is 7.87. The Kier molecular flexibility index (Phi) is 3.12. The molecule has 1 amide bonds. The molecule has 2 atom stereocenters. The van der Waals surface area contributed by atoms with Gasteiger partial charge in [0.2, 0.25) is 0 Å². The summed E-state index contributed by atoms with van der Waals surface area (Å²) in [5.74, 6) is -1.08. The normalized spacial score (nSPS) is 31.1. The van der Waals surface area contributed by atoms with Crippen molar-refractivity contribution in [3.63, 3.8) is 0 Å². The Labute approximate surface area is 117 Å². The molecule has 0 aromatic carbocycles. The molecule has 1 saturated carbocycles. The van der Waals surface area contributed by atoms with Crippen molar-refractivity contribution in [2.24, 2.45) is 11.1 Å². The molecule has 8 heteroatoms. The third-order valence-electron chi connectivity index (χ3n) is 3.53. The molecule has 3 rings (SSSR count). The summed E-state index contributed by atoms with van der Waals surface area (Å²) < 4.78 is 12.1. The highest BCUT2D eigenvalue weighted by Crippen LogP contribution is 2.33. The second kappa shape index (κ2) is 4.69. The number of fused-ring (bicyclic) bond motifs is 1. The lowest BCUT2D eigenvalue weighted by Gasteiger charge is -2.43. The van der Waals surface area contributed by atoms with E-state index in [1.807, 2.05) is 0 Å². The van der Waals surface area contributed by atoms with Gasteiger partial charge in [-0.15, -0.1) is 0 Å². The average Bonchev–Trinajstić information content (AvgIpc) is 3.18. The summed E-state index contributed by atoms with van der Waals surface area (Å²) in [6.07, 6.45) is 2.21. The lowest BCUT2D eigenvalue weighted by molar-refractivity contribution is -0.139. The molecule has 7 nitrogen and oxygen atoms in total. The number of carbonyl (C=O) groups is 2. The monoisotopic (exact) mass is 298 g/mol. The third kappa shape index (κ3) is 2.04. The molecule has 2 fully saturated rings. The number of nitrogens with zero attached hydrogens (tertiary/aromatic N) is 2. The summed E-state index contributed by atoms with van der Waals surface area (Å²) in [5, 5.41) is 12.1. The zero-order valence-corrected chi connectivity index (χ0v) is 11.7. The lowest BCUT2D eigenvalue weighted by Crippen LogP contribution is -2.66. The van der Waals surface area contributed by atoms with Crippen LogP contribution in [-0.2, 0) is 25.2 Å². The first-order valence-electron chi connectivity index (χ1n) is 6.34. The highest BCUT2D eigenvalue weighted by atomic mass is 32.2. The van der Waals surface area contributed by atoms with Crippen molar-refractivity contribution < 1.29 is 23.7 Å². The first-order valence-corrected chi connectivity index (χ1v) is 7.72. The van der Waals surface area contributed by atoms with E-state index in [0.29, 0.717) is 18.1 Å². The number of carboxylic acids is 1. The molecule has 1 N–H and O–H groups in total. The predicted molar refractivity (Wildman–Crippen MR) is 70.1 cm³/mol. The van der Waals surface area contributed by atoms with E-state index in [1.165, 1.54) is 0 Å². The molecule has 1 unspecified atom stereocenters. The van der Waals surface area contributed by atoms with E-state index in [2.05, 4.69) is 5.16 Å². The molecule has 0 bridgehead atoms. The van der Waals surface area contributed by atoms with Crippen molar-refractivity contribution in [3.8, 4) is 0 Å². The van der Waals surface area contributed by atoms with Gasteiger partial charge in [-0.2, -0.15) is 0 Å². The van der Waals surface area contributed by atoms with Crippen LogP contribution in [0.4, 0.5) is 0 Å². The van der Waals surface area contributed by atoms with Gasteiger partial charge in [0, 0.05) is 5.75 Å². The van der Waals surface area contributed by atoms with E-state index < -0.39 is 28.0 Å². The van der Waals surface area contributed by atoms with E-state index in [4.69, 9.17) is 9.94 Å². The maximum absolute atomic E-state index is 12.1. The fraction of sp³-hybridized carbons (Fsp3) is 0.583. The molecule has 1 aliphatic carbocycles. The number of carbonyl (C=O) groups excluding carboxylic acids is 1. The fourth-order valence-corrected chi connectivity index (χ4v) is 3.84. The van der Waals surface area contributed by atoms with Gasteiger partial charge in [-0.05, 0) is 31.3 Å². The number of amides is 1. The second-order valence-corrected chi connectivity index (χ2v) is 6.70. The number of oxime groups is 1. The molecule has 20 heavy (non-hydrogen) atoms. The minimum Gasteiger partial charge on any atom is -0.477 e. The van der Waals surface area contributed by atoms with Crippen LogP contribution in [0, 0.1) is 5.92 Å². The Bertz CT molecular complexity index is 578. The van der Waals surface area contributed by atoms with Crippen molar-refractivity contribution in [1.82, 2.24) is 4.90 Å². The Morgan fingerprint density at radius 2 is 2.25 bits per heavy atom. The average molecular weight is 298 g/mol. The molecule has 3 aliphatic rings. The predicted octanol–water partition coefficient (Wildman–Crippen LogP) is 0.0582. The van der Waals surface area contributed by atoms with Crippen LogP contribution in [-0.4, -0.2) is 49.5 Å². The van der Waals surface area contributed by atoms with Crippen LogP contribution in [0.2, 0.25) is 0 Å². The number of hydrogen-bond acceptors (Lipinski definition) is 5. The second-order valence-electron chi connectivity index (χ2n) is 5.20. The summed E-state index contributed by atoms with van der Waals surface area (Å²) in [6.45, 7) is 2.03. The molecule has 2 aliphatic heterocycles. The van der Waals surface area contributed by atoms with Crippen LogP contribution in [0.1, 0.15) is 19.8 Å². The molecule has 108 valence electrons. The van der Waals surface area contributed by atoms with Crippen LogP contribution in [0.25, 0.3) is 0 Å². The molecular formula is C12H14N2O5S. The number of β-lactam (4-membered cyclic amide) rings is 1. The summed E-state index contributed by atoms with van der Waals surface area (Å²) in [6, 6.07) is 0.